The lowest BCUT2D eigenvalue weighted by Crippen LogP contribution is -2.10. The lowest BCUT2D eigenvalue weighted by Gasteiger charge is -2.10. The number of carbonyl (C=O) groups is 1. The second kappa shape index (κ2) is 6.78. The zero-order valence-corrected chi connectivity index (χ0v) is 11.0. The normalized spacial score (nSPS) is 9.53. The maximum absolute atomic E-state index is 11.1. The number of para-hydroxylation sites is 1. The van der Waals surface area contributed by atoms with Crippen molar-refractivity contribution in [1.82, 2.24) is 0 Å². The predicted molar refractivity (Wildman–Crippen MR) is 76.6 cm³/mol. The van der Waals surface area contributed by atoms with Crippen LogP contribution >= 0.6 is 12.4 Å². The monoisotopic (exact) mass is 278 g/mol. The molecule has 0 aliphatic heterocycles. The Morgan fingerprint density at radius 2 is 1.84 bits per heavy atom. The molecule has 0 heterocycles. The lowest BCUT2D eigenvalue weighted by molar-refractivity contribution is 0.1000. The summed E-state index contributed by atoms with van der Waals surface area (Å²) < 4.78 is 5.70. The molecule has 0 fully saturated rings. The Bertz CT molecular complexity index is 573. The minimum Gasteiger partial charge on any atom is -0.457 e. The van der Waals surface area contributed by atoms with E-state index in [9.17, 15) is 4.79 Å². The van der Waals surface area contributed by atoms with Gasteiger partial charge in [0.25, 0.3) is 0 Å². The number of rotatable bonds is 4. The largest absolute Gasteiger partial charge is 0.457 e. The van der Waals surface area contributed by atoms with Crippen molar-refractivity contribution < 1.29 is 9.53 Å². The number of carbonyl (C=O) groups excluding carboxylic acids is 1. The molecule has 5 heteroatoms. The van der Waals surface area contributed by atoms with Crippen molar-refractivity contribution in [2.75, 3.05) is 0 Å². The average Bonchev–Trinajstić information content (AvgIpc) is 2.39. The second-order valence-corrected chi connectivity index (χ2v) is 3.81. The summed E-state index contributed by atoms with van der Waals surface area (Å²) in [5.41, 5.74) is 12.2. The van der Waals surface area contributed by atoms with Gasteiger partial charge in [-0.1, -0.05) is 24.3 Å². The first-order valence-corrected chi connectivity index (χ1v) is 5.56. The zero-order valence-electron chi connectivity index (χ0n) is 10.2. The number of hydrogen-bond acceptors (Lipinski definition) is 3. The first-order valence-electron chi connectivity index (χ1n) is 5.56. The van der Waals surface area contributed by atoms with Crippen LogP contribution in [0.5, 0.6) is 11.5 Å². The van der Waals surface area contributed by atoms with Crippen LogP contribution in [-0.2, 0) is 6.54 Å². The van der Waals surface area contributed by atoms with Gasteiger partial charge >= 0.3 is 0 Å². The van der Waals surface area contributed by atoms with Crippen LogP contribution in [0.15, 0.2) is 48.5 Å². The molecule has 2 aromatic rings. The first-order chi connectivity index (χ1) is 8.70. The molecule has 0 saturated carbocycles. The van der Waals surface area contributed by atoms with Gasteiger partial charge in [-0.25, -0.2) is 0 Å². The third-order valence-corrected chi connectivity index (χ3v) is 2.54. The van der Waals surface area contributed by atoms with Crippen LogP contribution in [0.4, 0.5) is 0 Å². The summed E-state index contributed by atoms with van der Waals surface area (Å²) in [5, 5.41) is 0. The van der Waals surface area contributed by atoms with Crippen molar-refractivity contribution >= 4 is 18.3 Å². The molecule has 0 bridgehead atoms. The Morgan fingerprint density at radius 1 is 1.11 bits per heavy atom. The third kappa shape index (κ3) is 3.71. The van der Waals surface area contributed by atoms with E-state index in [0.717, 1.165) is 5.56 Å². The van der Waals surface area contributed by atoms with Crippen molar-refractivity contribution in [3.63, 3.8) is 0 Å². The van der Waals surface area contributed by atoms with E-state index in [1.165, 1.54) is 0 Å². The molecule has 0 aliphatic carbocycles. The molecule has 0 aromatic heterocycles. The van der Waals surface area contributed by atoms with E-state index in [4.69, 9.17) is 16.2 Å². The molecular weight excluding hydrogens is 264 g/mol. The number of nitrogens with two attached hydrogens (primary N) is 2. The van der Waals surface area contributed by atoms with Crippen LogP contribution in [0.3, 0.4) is 0 Å². The van der Waals surface area contributed by atoms with Crippen molar-refractivity contribution in [2.24, 2.45) is 11.5 Å². The van der Waals surface area contributed by atoms with Gasteiger partial charge in [0.2, 0.25) is 5.91 Å². The number of halogens is 1. The van der Waals surface area contributed by atoms with Crippen LogP contribution in [0.1, 0.15) is 15.9 Å². The summed E-state index contributed by atoms with van der Waals surface area (Å²) in [5.74, 6) is 0.765. The molecule has 0 spiro atoms. The Balaban J connectivity index is 0.00000180. The highest BCUT2D eigenvalue weighted by atomic mass is 35.5. The minimum absolute atomic E-state index is 0. The molecule has 4 N–H and O–H groups in total. The fraction of sp³-hybridized carbons (Fsp3) is 0.0714. The molecule has 2 aromatic carbocycles. The van der Waals surface area contributed by atoms with Crippen molar-refractivity contribution in [3.05, 3.63) is 59.7 Å². The van der Waals surface area contributed by atoms with E-state index in [2.05, 4.69) is 0 Å². The summed E-state index contributed by atoms with van der Waals surface area (Å²) in [7, 11) is 0. The highest BCUT2D eigenvalue weighted by Crippen LogP contribution is 2.25. The van der Waals surface area contributed by atoms with Gasteiger partial charge in [0, 0.05) is 17.7 Å². The van der Waals surface area contributed by atoms with Gasteiger partial charge in [0.1, 0.15) is 11.5 Å². The molecule has 0 radical (unpaired) electrons. The molecule has 0 atom stereocenters. The summed E-state index contributed by atoms with van der Waals surface area (Å²) in [6.07, 6.45) is 0. The standard InChI is InChI=1S/C14H14N2O2.ClH/c15-9-11-4-1-2-7-13(11)18-12-6-3-5-10(8-12)14(16)17;/h1-8H,9,15H2,(H2,16,17);1H. The van der Waals surface area contributed by atoms with Gasteiger partial charge in [-0.2, -0.15) is 0 Å². The van der Waals surface area contributed by atoms with E-state index in [0.29, 0.717) is 23.6 Å². The van der Waals surface area contributed by atoms with Gasteiger partial charge in [-0.3, -0.25) is 4.79 Å². The van der Waals surface area contributed by atoms with Crippen molar-refractivity contribution in [3.8, 4) is 11.5 Å². The van der Waals surface area contributed by atoms with Gasteiger partial charge in [-0.15, -0.1) is 12.4 Å². The summed E-state index contributed by atoms with van der Waals surface area (Å²) >= 11 is 0. The third-order valence-electron chi connectivity index (χ3n) is 2.54. The van der Waals surface area contributed by atoms with E-state index >= 15 is 0 Å². The molecule has 0 unspecified atom stereocenters. The summed E-state index contributed by atoms with van der Waals surface area (Å²) in [6.45, 7) is 0.395. The predicted octanol–water partition coefficient (Wildman–Crippen LogP) is 2.46. The topological polar surface area (TPSA) is 78.3 Å². The second-order valence-electron chi connectivity index (χ2n) is 3.81. The van der Waals surface area contributed by atoms with Crippen LogP contribution in [0, 0.1) is 0 Å². The van der Waals surface area contributed by atoms with Crippen LogP contribution in [-0.4, -0.2) is 5.91 Å². The van der Waals surface area contributed by atoms with Gasteiger partial charge < -0.3 is 16.2 Å². The Kier molecular flexibility index (Phi) is 5.36. The molecule has 2 rings (SSSR count). The van der Waals surface area contributed by atoms with E-state index in [-0.39, 0.29) is 12.4 Å². The molecule has 19 heavy (non-hydrogen) atoms. The van der Waals surface area contributed by atoms with Crippen molar-refractivity contribution in [1.29, 1.82) is 0 Å². The molecule has 0 aliphatic rings. The quantitative estimate of drug-likeness (QED) is 0.902. The van der Waals surface area contributed by atoms with E-state index in [1.54, 1.807) is 24.3 Å². The smallest absolute Gasteiger partial charge is 0.248 e. The summed E-state index contributed by atoms with van der Waals surface area (Å²) in [6, 6.07) is 14.2. The van der Waals surface area contributed by atoms with Gasteiger partial charge in [0.15, 0.2) is 0 Å². The fourth-order valence-electron chi connectivity index (χ4n) is 1.61. The van der Waals surface area contributed by atoms with E-state index in [1.807, 2.05) is 24.3 Å². The molecule has 4 nitrogen and oxygen atoms in total. The number of primary amides is 1. The SMILES string of the molecule is Cl.NCc1ccccc1Oc1cccc(C(N)=O)c1. The highest BCUT2D eigenvalue weighted by Gasteiger charge is 2.05. The number of ether oxygens (including phenoxy) is 1. The number of hydrogen-bond donors (Lipinski definition) is 2. The van der Waals surface area contributed by atoms with Crippen LogP contribution < -0.4 is 16.2 Å². The first kappa shape index (κ1) is 15.0. The maximum atomic E-state index is 11.1. The average molecular weight is 279 g/mol. The highest BCUT2D eigenvalue weighted by molar-refractivity contribution is 5.93. The maximum Gasteiger partial charge on any atom is 0.248 e. The van der Waals surface area contributed by atoms with E-state index < -0.39 is 5.91 Å². The van der Waals surface area contributed by atoms with Crippen LogP contribution in [0.25, 0.3) is 0 Å². The Labute approximate surface area is 117 Å². The van der Waals surface area contributed by atoms with Gasteiger partial charge in [-0.05, 0) is 24.3 Å². The van der Waals surface area contributed by atoms with Crippen LogP contribution in [0.2, 0.25) is 0 Å². The van der Waals surface area contributed by atoms with Gasteiger partial charge in [0.05, 0.1) is 0 Å². The molecule has 0 saturated heterocycles. The summed E-state index contributed by atoms with van der Waals surface area (Å²) in [4.78, 5) is 11.1. The molecule has 100 valence electrons. The Morgan fingerprint density at radius 3 is 2.53 bits per heavy atom. The number of amides is 1. The Hall–Kier alpha value is -2.04. The fourth-order valence-corrected chi connectivity index (χ4v) is 1.61. The zero-order chi connectivity index (χ0) is 13.0. The number of benzene rings is 2. The molecular formula is C14H15ClN2O2. The minimum atomic E-state index is -0.479. The molecule has 1 amide bonds. The van der Waals surface area contributed by atoms with Crippen molar-refractivity contribution in [2.45, 2.75) is 6.54 Å². The lowest BCUT2D eigenvalue weighted by atomic mass is 10.2.